The molecule has 6 heteroatoms. The molecule has 0 aliphatic heterocycles. The van der Waals surface area contributed by atoms with E-state index in [0.717, 1.165) is 16.5 Å². The molecule has 3 rings (SSSR count). The smallest absolute Gasteiger partial charge is 0.319 e. The Morgan fingerprint density at radius 1 is 1.12 bits per heavy atom. The number of carbonyl (C=O) groups excluding carboxylic acids is 1. The Hall–Kier alpha value is -2.79. The Morgan fingerprint density at radius 2 is 1.88 bits per heavy atom. The molecular formula is C18H16ClN3O2. The van der Waals surface area contributed by atoms with Gasteiger partial charge in [-0.25, -0.2) is 4.79 Å². The number of hydrogen-bond donors (Lipinski definition) is 3. The van der Waals surface area contributed by atoms with Crippen molar-refractivity contribution in [2.24, 2.45) is 0 Å². The van der Waals surface area contributed by atoms with Gasteiger partial charge in [-0.3, -0.25) is 4.79 Å². The Morgan fingerprint density at radius 3 is 2.62 bits per heavy atom. The van der Waals surface area contributed by atoms with Crippen LogP contribution >= 0.6 is 11.6 Å². The second-order valence-corrected chi connectivity index (χ2v) is 5.95. The fourth-order valence-electron chi connectivity index (χ4n) is 2.37. The summed E-state index contributed by atoms with van der Waals surface area (Å²) in [5, 5.41) is 7.09. The number of fused-ring (bicyclic) bond motifs is 1. The summed E-state index contributed by atoms with van der Waals surface area (Å²) in [7, 11) is 0. The number of pyridine rings is 1. The zero-order chi connectivity index (χ0) is 17.1. The Labute approximate surface area is 143 Å². The predicted octanol–water partition coefficient (Wildman–Crippen LogP) is 3.81. The maximum atomic E-state index is 11.9. The van der Waals surface area contributed by atoms with E-state index in [9.17, 15) is 9.59 Å². The predicted molar refractivity (Wildman–Crippen MR) is 96.6 cm³/mol. The van der Waals surface area contributed by atoms with Crippen LogP contribution < -0.4 is 16.2 Å². The number of anilines is 1. The van der Waals surface area contributed by atoms with E-state index < -0.39 is 0 Å². The number of aryl methyl sites for hydroxylation is 1. The van der Waals surface area contributed by atoms with E-state index in [4.69, 9.17) is 11.6 Å². The van der Waals surface area contributed by atoms with E-state index in [0.29, 0.717) is 22.8 Å². The lowest BCUT2D eigenvalue weighted by Gasteiger charge is -2.09. The van der Waals surface area contributed by atoms with Crippen molar-refractivity contribution in [2.45, 2.75) is 13.5 Å². The molecule has 0 unspecified atom stereocenters. The third-order valence-corrected chi connectivity index (χ3v) is 3.90. The van der Waals surface area contributed by atoms with Crippen molar-refractivity contribution in [3.63, 3.8) is 0 Å². The Bertz CT molecular complexity index is 949. The average molecular weight is 342 g/mol. The molecule has 24 heavy (non-hydrogen) atoms. The number of nitrogens with one attached hydrogen (secondary N) is 3. The van der Waals surface area contributed by atoms with E-state index in [2.05, 4.69) is 15.6 Å². The third kappa shape index (κ3) is 3.75. The van der Waals surface area contributed by atoms with Crippen LogP contribution in [0.15, 0.2) is 53.3 Å². The van der Waals surface area contributed by atoms with Crippen LogP contribution in [0.2, 0.25) is 5.02 Å². The molecule has 0 saturated carbocycles. The molecule has 5 nitrogen and oxygen atoms in total. The molecule has 2 amide bonds. The van der Waals surface area contributed by atoms with Crippen molar-refractivity contribution in [3.8, 4) is 0 Å². The van der Waals surface area contributed by atoms with Crippen molar-refractivity contribution in [1.82, 2.24) is 10.3 Å². The number of H-pyrrole nitrogens is 1. The highest BCUT2D eigenvalue weighted by Gasteiger charge is 2.04. The van der Waals surface area contributed by atoms with E-state index >= 15 is 0 Å². The van der Waals surface area contributed by atoms with Crippen molar-refractivity contribution >= 4 is 34.2 Å². The molecular weight excluding hydrogens is 326 g/mol. The molecule has 0 saturated heterocycles. The van der Waals surface area contributed by atoms with Crippen LogP contribution in [0.5, 0.6) is 0 Å². The van der Waals surface area contributed by atoms with Crippen molar-refractivity contribution in [1.29, 1.82) is 0 Å². The van der Waals surface area contributed by atoms with Gasteiger partial charge in [0.2, 0.25) is 0 Å². The molecule has 0 atom stereocenters. The van der Waals surface area contributed by atoms with Crippen LogP contribution in [0, 0.1) is 6.92 Å². The van der Waals surface area contributed by atoms with Crippen LogP contribution in [-0.2, 0) is 6.54 Å². The number of benzene rings is 2. The maximum Gasteiger partial charge on any atom is 0.319 e. The first-order valence-electron chi connectivity index (χ1n) is 7.44. The van der Waals surface area contributed by atoms with Gasteiger partial charge in [-0.15, -0.1) is 0 Å². The monoisotopic (exact) mass is 341 g/mol. The largest absolute Gasteiger partial charge is 0.334 e. The van der Waals surface area contributed by atoms with E-state index in [1.165, 1.54) is 0 Å². The van der Waals surface area contributed by atoms with Crippen molar-refractivity contribution in [2.75, 3.05) is 5.32 Å². The van der Waals surface area contributed by atoms with E-state index in [-0.39, 0.29) is 11.6 Å². The highest BCUT2D eigenvalue weighted by molar-refractivity contribution is 6.30. The normalized spacial score (nSPS) is 10.6. The summed E-state index contributed by atoms with van der Waals surface area (Å²) in [6.45, 7) is 2.15. The Balaban J connectivity index is 1.66. The summed E-state index contributed by atoms with van der Waals surface area (Å²) >= 11 is 5.81. The fourth-order valence-corrected chi connectivity index (χ4v) is 2.49. The highest BCUT2D eigenvalue weighted by atomic mass is 35.5. The zero-order valence-electron chi connectivity index (χ0n) is 13.0. The highest BCUT2D eigenvalue weighted by Crippen LogP contribution is 2.15. The molecule has 0 bridgehead atoms. The maximum absolute atomic E-state index is 11.9. The summed E-state index contributed by atoms with van der Waals surface area (Å²) in [6, 6.07) is 14.1. The zero-order valence-corrected chi connectivity index (χ0v) is 13.8. The first kappa shape index (κ1) is 16.1. The van der Waals surface area contributed by atoms with Gasteiger partial charge >= 0.3 is 6.03 Å². The molecule has 1 aromatic heterocycles. The van der Waals surface area contributed by atoms with E-state index in [1.807, 2.05) is 24.3 Å². The second kappa shape index (κ2) is 6.76. The lowest BCUT2D eigenvalue weighted by Crippen LogP contribution is -2.28. The quantitative estimate of drug-likeness (QED) is 0.677. The molecule has 2 aromatic carbocycles. The first-order chi connectivity index (χ1) is 11.5. The summed E-state index contributed by atoms with van der Waals surface area (Å²) in [5.74, 6) is 0. The minimum absolute atomic E-state index is 0.0873. The molecule has 1 heterocycles. The van der Waals surface area contributed by atoms with Gasteiger partial charge in [0.1, 0.15) is 0 Å². The Kier molecular flexibility index (Phi) is 4.53. The van der Waals surface area contributed by atoms with Gasteiger partial charge in [-0.1, -0.05) is 17.7 Å². The van der Waals surface area contributed by atoms with Gasteiger partial charge in [0.05, 0.1) is 0 Å². The second-order valence-electron chi connectivity index (χ2n) is 5.52. The molecule has 0 fully saturated rings. The van der Waals surface area contributed by atoms with Crippen molar-refractivity contribution in [3.05, 3.63) is 75.0 Å². The number of hydrogen-bond acceptors (Lipinski definition) is 2. The number of aromatic amines is 1. The molecule has 0 radical (unpaired) electrons. The molecule has 0 aliphatic rings. The van der Waals surface area contributed by atoms with Crippen LogP contribution in [0.1, 0.15) is 11.1 Å². The topological polar surface area (TPSA) is 74.0 Å². The summed E-state index contributed by atoms with van der Waals surface area (Å²) in [5.41, 5.74) is 2.97. The van der Waals surface area contributed by atoms with Crippen molar-refractivity contribution < 1.29 is 4.79 Å². The molecule has 0 spiro atoms. The summed E-state index contributed by atoms with van der Waals surface area (Å²) in [6.07, 6.45) is 0. The van der Waals surface area contributed by atoms with Gasteiger partial charge in [0.25, 0.3) is 5.56 Å². The van der Waals surface area contributed by atoms with E-state index in [1.54, 1.807) is 31.2 Å². The molecule has 0 aliphatic carbocycles. The number of urea groups is 1. The van der Waals surface area contributed by atoms with Gasteiger partial charge in [-0.05, 0) is 60.3 Å². The number of rotatable bonds is 3. The summed E-state index contributed by atoms with van der Waals surface area (Å²) < 4.78 is 0. The summed E-state index contributed by atoms with van der Waals surface area (Å²) in [4.78, 5) is 26.4. The number of halogens is 1. The van der Waals surface area contributed by atoms with Gasteiger partial charge < -0.3 is 15.6 Å². The third-order valence-electron chi connectivity index (χ3n) is 3.65. The SMILES string of the molecule is Cc1cc2cc(CNC(=O)Nc3ccc(Cl)cc3)ccc2[nH]c1=O. The lowest BCUT2D eigenvalue weighted by molar-refractivity contribution is 0.251. The molecule has 3 N–H and O–H groups in total. The standard InChI is InChI=1S/C18H16ClN3O2/c1-11-8-13-9-12(2-7-16(13)22-17(11)23)10-20-18(24)21-15-5-3-14(19)4-6-15/h2-9H,10H2,1H3,(H,22,23)(H2,20,21,24). The van der Waals surface area contributed by atoms with Crippen LogP contribution in [0.4, 0.5) is 10.5 Å². The first-order valence-corrected chi connectivity index (χ1v) is 7.82. The van der Waals surface area contributed by atoms with Gasteiger partial charge in [-0.2, -0.15) is 0 Å². The fraction of sp³-hybridized carbons (Fsp3) is 0.111. The minimum Gasteiger partial charge on any atom is -0.334 e. The average Bonchev–Trinajstić information content (AvgIpc) is 2.56. The lowest BCUT2D eigenvalue weighted by atomic mass is 10.1. The molecule has 122 valence electrons. The minimum atomic E-state index is -0.296. The number of aromatic nitrogens is 1. The number of carbonyl (C=O) groups is 1. The van der Waals surface area contributed by atoms with Crippen LogP contribution in [-0.4, -0.2) is 11.0 Å². The van der Waals surface area contributed by atoms with Crippen LogP contribution in [0.3, 0.4) is 0 Å². The van der Waals surface area contributed by atoms with Gasteiger partial charge in [0, 0.05) is 28.3 Å². The van der Waals surface area contributed by atoms with Crippen LogP contribution in [0.25, 0.3) is 10.9 Å². The van der Waals surface area contributed by atoms with Gasteiger partial charge in [0.15, 0.2) is 0 Å². The molecule has 3 aromatic rings. The number of amides is 2.